The Kier molecular flexibility index (Phi) is 4.40. The molecule has 0 aliphatic heterocycles. The van der Waals surface area contributed by atoms with Gasteiger partial charge in [-0.15, -0.1) is 0 Å². The van der Waals surface area contributed by atoms with Crippen molar-refractivity contribution in [2.45, 2.75) is 38.6 Å². The van der Waals surface area contributed by atoms with Gasteiger partial charge in [-0.05, 0) is 31.0 Å². The molecule has 0 aliphatic carbocycles. The first-order valence-electron chi connectivity index (χ1n) is 5.43. The molecular weight excluding hydrogens is 231 g/mol. The van der Waals surface area contributed by atoms with E-state index in [4.69, 9.17) is 10.5 Å². The topological polar surface area (TPSA) is 35.2 Å². The van der Waals surface area contributed by atoms with Crippen molar-refractivity contribution in [2.24, 2.45) is 5.73 Å². The largest absolute Gasteiger partial charge is 0.491 e. The zero-order chi connectivity index (χ0) is 13.1. The standard InChI is InChI=1S/C12H16F3NO/c1-3-8(2)17-10-6-4-5-9(7-10)11(16)12(13,14)15/h4-8,11H,3,16H2,1-2H3/t8?,11-/m1/s1. The summed E-state index contributed by atoms with van der Waals surface area (Å²) in [6.45, 7) is 3.80. The molecule has 0 spiro atoms. The Morgan fingerprint density at radius 2 is 2.00 bits per heavy atom. The van der Waals surface area contributed by atoms with Crippen molar-refractivity contribution in [3.05, 3.63) is 29.8 Å². The van der Waals surface area contributed by atoms with Crippen molar-refractivity contribution in [2.75, 3.05) is 0 Å². The van der Waals surface area contributed by atoms with E-state index in [1.54, 1.807) is 6.07 Å². The van der Waals surface area contributed by atoms with E-state index in [2.05, 4.69) is 0 Å². The molecular formula is C12H16F3NO. The van der Waals surface area contributed by atoms with Gasteiger partial charge in [0.2, 0.25) is 0 Å². The minimum atomic E-state index is -4.44. The number of rotatable bonds is 4. The summed E-state index contributed by atoms with van der Waals surface area (Å²) >= 11 is 0. The van der Waals surface area contributed by atoms with E-state index in [-0.39, 0.29) is 11.7 Å². The van der Waals surface area contributed by atoms with Gasteiger partial charge in [0.05, 0.1) is 6.10 Å². The van der Waals surface area contributed by atoms with Gasteiger partial charge >= 0.3 is 6.18 Å². The highest BCUT2D eigenvalue weighted by Crippen LogP contribution is 2.31. The van der Waals surface area contributed by atoms with Crippen LogP contribution < -0.4 is 10.5 Å². The molecule has 96 valence electrons. The van der Waals surface area contributed by atoms with Crippen LogP contribution >= 0.6 is 0 Å². The molecule has 0 aromatic heterocycles. The Morgan fingerprint density at radius 1 is 1.35 bits per heavy atom. The third kappa shape index (κ3) is 3.93. The van der Waals surface area contributed by atoms with Crippen LogP contribution in [0.4, 0.5) is 13.2 Å². The molecule has 1 rings (SSSR count). The number of hydrogen-bond donors (Lipinski definition) is 1. The Bertz CT molecular complexity index is 365. The molecule has 0 fully saturated rings. The van der Waals surface area contributed by atoms with Gasteiger partial charge in [-0.1, -0.05) is 19.1 Å². The van der Waals surface area contributed by atoms with Gasteiger partial charge in [0.15, 0.2) is 0 Å². The minimum absolute atomic E-state index is 0.0123. The molecule has 2 nitrogen and oxygen atoms in total. The second-order valence-electron chi connectivity index (χ2n) is 3.93. The molecule has 2 N–H and O–H groups in total. The van der Waals surface area contributed by atoms with Gasteiger partial charge < -0.3 is 10.5 Å². The molecule has 0 saturated heterocycles. The van der Waals surface area contributed by atoms with Crippen LogP contribution in [0, 0.1) is 0 Å². The van der Waals surface area contributed by atoms with Crippen molar-refractivity contribution in [1.29, 1.82) is 0 Å². The van der Waals surface area contributed by atoms with Crippen LogP contribution in [0.5, 0.6) is 5.75 Å². The average molecular weight is 247 g/mol. The highest BCUT2D eigenvalue weighted by Gasteiger charge is 2.37. The lowest BCUT2D eigenvalue weighted by atomic mass is 10.1. The maximum absolute atomic E-state index is 12.4. The summed E-state index contributed by atoms with van der Waals surface area (Å²) in [6.07, 6.45) is -3.68. The lowest BCUT2D eigenvalue weighted by Gasteiger charge is -2.18. The Hall–Kier alpha value is -1.23. The van der Waals surface area contributed by atoms with E-state index in [1.165, 1.54) is 18.2 Å². The van der Waals surface area contributed by atoms with E-state index in [1.807, 2.05) is 13.8 Å². The second-order valence-corrected chi connectivity index (χ2v) is 3.93. The molecule has 1 aromatic rings. The van der Waals surface area contributed by atoms with Gasteiger partial charge in [0, 0.05) is 0 Å². The number of alkyl halides is 3. The average Bonchev–Trinajstić information content (AvgIpc) is 2.27. The fourth-order valence-corrected chi connectivity index (χ4v) is 1.29. The highest BCUT2D eigenvalue weighted by atomic mass is 19.4. The van der Waals surface area contributed by atoms with Gasteiger partial charge in [-0.3, -0.25) is 0 Å². The van der Waals surface area contributed by atoms with E-state index < -0.39 is 12.2 Å². The summed E-state index contributed by atoms with van der Waals surface area (Å²) in [5.74, 6) is 0.413. The SMILES string of the molecule is CCC(C)Oc1cccc([C@@H](N)C(F)(F)F)c1. The first-order chi connectivity index (χ1) is 7.84. The molecule has 1 unspecified atom stereocenters. The van der Waals surface area contributed by atoms with Gasteiger partial charge in [0.25, 0.3) is 0 Å². The Labute approximate surface area is 98.6 Å². The van der Waals surface area contributed by atoms with Crippen LogP contribution in [0.1, 0.15) is 31.9 Å². The molecule has 2 atom stereocenters. The predicted octanol–water partition coefficient (Wildman–Crippen LogP) is 3.43. The maximum atomic E-state index is 12.4. The highest BCUT2D eigenvalue weighted by molar-refractivity contribution is 5.31. The molecule has 0 radical (unpaired) electrons. The zero-order valence-corrected chi connectivity index (χ0v) is 9.79. The van der Waals surface area contributed by atoms with Crippen LogP contribution in [0.15, 0.2) is 24.3 Å². The Morgan fingerprint density at radius 3 is 2.53 bits per heavy atom. The third-order valence-corrected chi connectivity index (χ3v) is 2.48. The first kappa shape index (κ1) is 13.8. The summed E-state index contributed by atoms with van der Waals surface area (Å²) in [4.78, 5) is 0. The van der Waals surface area contributed by atoms with Crippen LogP contribution in [0.3, 0.4) is 0 Å². The summed E-state index contributed by atoms with van der Waals surface area (Å²) < 4.78 is 42.7. The van der Waals surface area contributed by atoms with E-state index in [9.17, 15) is 13.2 Å². The fourth-order valence-electron chi connectivity index (χ4n) is 1.29. The summed E-state index contributed by atoms with van der Waals surface area (Å²) in [6, 6.07) is 3.85. The maximum Gasteiger partial charge on any atom is 0.407 e. The number of benzene rings is 1. The molecule has 17 heavy (non-hydrogen) atoms. The van der Waals surface area contributed by atoms with Crippen molar-refractivity contribution in [3.8, 4) is 5.75 Å². The molecule has 0 saturated carbocycles. The second kappa shape index (κ2) is 5.40. The number of nitrogens with two attached hydrogens (primary N) is 1. The summed E-state index contributed by atoms with van der Waals surface area (Å²) in [7, 11) is 0. The van der Waals surface area contributed by atoms with E-state index in [0.717, 1.165) is 6.42 Å². The van der Waals surface area contributed by atoms with Crippen molar-refractivity contribution < 1.29 is 17.9 Å². The summed E-state index contributed by atoms with van der Waals surface area (Å²) in [5, 5.41) is 0. The molecule has 0 bridgehead atoms. The van der Waals surface area contributed by atoms with Crippen molar-refractivity contribution in [3.63, 3.8) is 0 Å². The van der Waals surface area contributed by atoms with Gasteiger partial charge in [0.1, 0.15) is 11.8 Å². The molecule has 5 heteroatoms. The third-order valence-electron chi connectivity index (χ3n) is 2.48. The fraction of sp³-hybridized carbons (Fsp3) is 0.500. The number of halogens is 3. The normalized spacial score (nSPS) is 15.4. The van der Waals surface area contributed by atoms with Gasteiger partial charge in [-0.2, -0.15) is 13.2 Å². The smallest absolute Gasteiger partial charge is 0.407 e. The van der Waals surface area contributed by atoms with Crippen molar-refractivity contribution >= 4 is 0 Å². The lowest BCUT2D eigenvalue weighted by molar-refractivity contribution is -0.149. The minimum Gasteiger partial charge on any atom is -0.491 e. The van der Waals surface area contributed by atoms with Crippen LogP contribution in [0.25, 0.3) is 0 Å². The quantitative estimate of drug-likeness (QED) is 0.884. The molecule has 0 aliphatic rings. The molecule has 0 heterocycles. The van der Waals surface area contributed by atoms with Crippen LogP contribution in [0.2, 0.25) is 0 Å². The monoisotopic (exact) mass is 247 g/mol. The van der Waals surface area contributed by atoms with Crippen LogP contribution in [-0.4, -0.2) is 12.3 Å². The molecule has 0 amide bonds. The van der Waals surface area contributed by atoms with Crippen molar-refractivity contribution in [1.82, 2.24) is 0 Å². The van der Waals surface area contributed by atoms with E-state index in [0.29, 0.717) is 5.75 Å². The van der Waals surface area contributed by atoms with Crippen LogP contribution in [-0.2, 0) is 0 Å². The Balaban J connectivity index is 2.86. The number of ether oxygens (including phenoxy) is 1. The predicted molar refractivity (Wildman–Crippen MR) is 59.8 cm³/mol. The summed E-state index contributed by atoms with van der Waals surface area (Å²) in [5.41, 5.74) is 5.14. The molecule has 1 aromatic carbocycles. The number of hydrogen-bond acceptors (Lipinski definition) is 2. The lowest BCUT2D eigenvalue weighted by Crippen LogP contribution is -2.28. The van der Waals surface area contributed by atoms with Gasteiger partial charge in [-0.25, -0.2) is 0 Å². The zero-order valence-electron chi connectivity index (χ0n) is 9.79. The van der Waals surface area contributed by atoms with E-state index >= 15 is 0 Å². The first-order valence-corrected chi connectivity index (χ1v) is 5.43.